The van der Waals surface area contributed by atoms with Crippen LogP contribution in [0, 0.1) is 5.92 Å². The lowest BCUT2D eigenvalue weighted by atomic mass is 9.97. The van der Waals surface area contributed by atoms with E-state index in [0.717, 1.165) is 11.3 Å². The van der Waals surface area contributed by atoms with Crippen LogP contribution in [0.15, 0.2) is 47.4 Å². The molecule has 0 saturated carbocycles. The Morgan fingerprint density at radius 2 is 1.87 bits per heavy atom. The van der Waals surface area contributed by atoms with E-state index < -0.39 is 10.0 Å². The molecule has 1 saturated heterocycles. The highest BCUT2D eigenvalue weighted by atomic mass is 35.5. The second kappa shape index (κ2) is 10.3. The zero-order valence-corrected chi connectivity index (χ0v) is 19.2. The lowest BCUT2D eigenvalue weighted by molar-refractivity contribution is -0.126. The van der Waals surface area contributed by atoms with Crippen molar-refractivity contribution in [3.05, 3.63) is 53.1 Å². The predicted molar refractivity (Wildman–Crippen MR) is 119 cm³/mol. The average Bonchev–Trinajstić information content (AvgIpc) is 2.79. The molecule has 0 atom stereocenters. The molecule has 0 unspecified atom stereocenters. The molecule has 1 aliphatic rings. The molecule has 0 aliphatic carbocycles. The normalized spacial score (nSPS) is 15.5. The van der Waals surface area contributed by atoms with E-state index in [0.29, 0.717) is 31.7 Å². The maximum Gasteiger partial charge on any atom is 0.243 e. The van der Waals surface area contributed by atoms with Crippen LogP contribution in [-0.2, 0) is 21.4 Å². The van der Waals surface area contributed by atoms with Crippen molar-refractivity contribution in [2.24, 2.45) is 5.92 Å². The summed E-state index contributed by atoms with van der Waals surface area (Å²) >= 11 is 6.15. The Morgan fingerprint density at radius 1 is 1.16 bits per heavy atom. The molecule has 0 spiro atoms. The fraction of sp³-hybridized carbons (Fsp3) is 0.409. The molecule has 31 heavy (non-hydrogen) atoms. The van der Waals surface area contributed by atoms with Crippen LogP contribution in [0.1, 0.15) is 25.3 Å². The standard InChI is InChI=1S/C22H27ClN2O5S/c1-3-30-21-9-8-18(14-19(21)23)31(27,28)25-12-10-16(11-13-25)22(26)24-15-17-6-4-5-7-20(17)29-2/h4-9,14,16H,3,10-13,15H2,1-2H3,(H,24,26). The number of ether oxygens (including phenoxy) is 2. The third kappa shape index (κ3) is 5.50. The summed E-state index contributed by atoms with van der Waals surface area (Å²) in [6.07, 6.45) is 0.920. The highest BCUT2D eigenvalue weighted by molar-refractivity contribution is 7.89. The molecule has 7 nitrogen and oxygen atoms in total. The molecule has 1 N–H and O–H groups in total. The van der Waals surface area contributed by atoms with Crippen LogP contribution >= 0.6 is 11.6 Å². The summed E-state index contributed by atoms with van der Waals surface area (Å²) in [7, 11) is -2.09. The van der Waals surface area contributed by atoms with Crippen LogP contribution in [0.2, 0.25) is 5.02 Å². The van der Waals surface area contributed by atoms with Crippen LogP contribution in [-0.4, -0.2) is 45.4 Å². The summed E-state index contributed by atoms with van der Waals surface area (Å²) in [5, 5.41) is 3.19. The number of hydrogen-bond acceptors (Lipinski definition) is 5. The average molecular weight is 467 g/mol. The van der Waals surface area contributed by atoms with Crippen LogP contribution in [0.3, 0.4) is 0 Å². The largest absolute Gasteiger partial charge is 0.496 e. The molecule has 168 valence electrons. The lowest BCUT2D eigenvalue weighted by Crippen LogP contribution is -2.42. The minimum absolute atomic E-state index is 0.0768. The van der Waals surface area contributed by atoms with E-state index in [4.69, 9.17) is 21.1 Å². The summed E-state index contributed by atoms with van der Waals surface area (Å²) in [5.41, 5.74) is 0.894. The number of piperidine rings is 1. The number of carbonyl (C=O) groups excluding carboxylic acids is 1. The molecular weight excluding hydrogens is 440 g/mol. The molecule has 2 aromatic rings. The number of methoxy groups -OCH3 is 1. The summed E-state index contributed by atoms with van der Waals surface area (Å²) < 4.78 is 38.0. The Hall–Kier alpha value is -2.29. The number of sulfonamides is 1. The minimum Gasteiger partial charge on any atom is -0.496 e. The van der Waals surface area contributed by atoms with Gasteiger partial charge in [-0.3, -0.25) is 4.79 Å². The molecule has 0 radical (unpaired) electrons. The molecule has 0 bridgehead atoms. The zero-order valence-electron chi connectivity index (χ0n) is 17.6. The van der Waals surface area contributed by atoms with Gasteiger partial charge in [0, 0.05) is 31.1 Å². The quantitative estimate of drug-likeness (QED) is 0.644. The van der Waals surface area contributed by atoms with Crippen LogP contribution in [0.5, 0.6) is 11.5 Å². The van der Waals surface area contributed by atoms with Crippen molar-refractivity contribution >= 4 is 27.5 Å². The summed E-state index contributed by atoms with van der Waals surface area (Å²) in [6.45, 7) is 3.20. The Balaban J connectivity index is 1.58. The Labute approximate surface area is 188 Å². The molecule has 1 fully saturated rings. The fourth-order valence-corrected chi connectivity index (χ4v) is 5.39. The van der Waals surface area contributed by atoms with E-state index in [2.05, 4.69) is 5.32 Å². The Bertz CT molecular complexity index is 1020. The zero-order chi connectivity index (χ0) is 22.4. The number of carbonyl (C=O) groups is 1. The predicted octanol–water partition coefficient (Wildman–Crippen LogP) is 3.46. The van der Waals surface area contributed by atoms with Gasteiger partial charge in [-0.1, -0.05) is 29.8 Å². The van der Waals surface area contributed by atoms with Crippen LogP contribution in [0.25, 0.3) is 0 Å². The summed E-state index contributed by atoms with van der Waals surface area (Å²) in [4.78, 5) is 12.7. The van der Waals surface area contributed by atoms with E-state index in [-0.39, 0.29) is 34.8 Å². The molecule has 1 aliphatic heterocycles. The van der Waals surface area contributed by atoms with Crippen molar-refractivity contribution in [1.29, 1.82) is 0 Å². The van der Waals surface area contributed by atoms with Gasteiger partial charge >= 0.3 is 0 Å². The van der Waals surface area contributed by atoms with E-state index in [1.807, 2.05) is 31.2 Å². The number of para-hydroxylation sites is 1. The number of benzene rings is 2. The first-order valence-electron chi connectivity index (χ1n) is 10.2. The maximum absolute atomic E-state index is 13.0. The molecular formula is C22H27ClN2O5S. The molecule has 0 aromatic heterocycles. The number of halogens is 1. The first kappa shape index (κ1) is 23.4. The minimum atomic E-state index is -3.68. The molecule has 3 rings (SSSR count). The Morgan fingerprint density at radius 3 is 2.52 bits per heavy atom. The van der Waals surface area contributed by atoms with Crippen LogP contribution < -0.4 is 14.8 Å². The fourth-order valence-electron chi connectivity index (χ4n) is 3.60. The van der Waals surface area contributed by atoms with E-state index >= 15 is 0 Å². The van der Waals surface area contributed by atoms with Gasteiger partial charge < -0.3 is 14.8 Å². The third-order valence-corrected chi connectivity index (χ3v) is 7.50. The van der Waals surface area contributed by atoms with Gasteiger partial charge in [-0.25, -0.2) is 8.42 Å². The van der Waals surface area contributed by atoms with E-state index in [1.165, 1.54) is 16.4 Å². The number of hydrogen-bond donors (Lipinski definition) is 1. The smallest absolute Gasteiger partial charge is 0.243 e. The van der Waals surface area contributed by atoms with Gasteiger partial charge in [-0.05, 0) is 44.0 Å². The van der Waals surface area contributed by atoms with E-state index in [1.54, 1.807) is 13.2 Å². The van der Waals surface area contributed by atoms with Crippen molar-refractivity contribution in [3.8, 4) is 11.5 Å². The summed E-state index contributed by atoms with van der Waals surface area (Å²) in [6, 6.07) is 12.0. The highest BCUT2D eigenvalue weighted by Gasteiger charge is 2.32. The molecule has 9 heteroatoms. The SMILES string of the molecule is CCOc1ccc(S(=O)(=O)N2CCC(C(=O)NCc3ccccc3OC)CC2)cc1Cl. The second-order valence-electron chi connectivity index (χ2n) is 7.23. The second-order valence-corrected chi connectivity index (χ2v) is 9.58. The highest BCUT2D eigenvalue weighted by Crippen LogP contribution is 2.30. The topological polar surface area (TPSA) is 84.9 Å². The number of amides is 1. The summed E-state index contributed by atoms with van der Waals surface area (Å²) in [5.74, 6) is 0.864. The molecule has 1 heterocycles. The monoisotopic (exact) mass is 466 g/mol. The molecule has 2 aromatic carbocycles. The van der Waals surface area contributed by atoms with Crippen molar-refractivity contribution in [2.75, 3.05) is 26.8 Å². The van der Waals surface area contributed by atoms with Gasteiger partial charge in [0.1, 0.15) is 11.5 Å². The van der Waals surface area contributed by atoms with Gasteiger partial charge in [0.15, 0.2) is 0 Å². The molecule has 1 amide bonds. The van der Waals surface area contributed by atoms with Gasteiger partial charge in [-0.2, -0.15) is 4.31 Å². The van der Waals surface area contributed by atoms with Crippen molar-refractivity contribution in [2.45, 2.75) is 31.2 Å². The third-order valence-electron chi connectivity index (χ3n) is 5.31. The lowest BCUT2D eigenvalue weighted by Gasteiger charge is -2.30. The maximum atomic E-state index is 13.0. The van der Waals surface area contributed by atoms with Gasteiger partial charge in [0.2, 0.25) is 15.9 Å². The first-order valence-corrected chi connectivity index (χ1v) is 12.0. The van der Waals surface area contributed by atoms with Crippen molar-refractivity contribution in [3.63, 3.8) is 0 Å². The van der Waals surface area contributed by atoms with Gasteiger partial charge in [-0.15, -0.1) is 0 Å². The number of nitrogens with zero attached hydrogens (tertiary/aromatic N) is 1. The first-order chi connectivity index (χ1) is 14.9. The number of rotatable bonds is 8. The van der Waals surface area contributed by atoms with Gasteiger partial charge in [0.25, 0.3) is 0 Å². The van der Waals surface area contributed by atoms with Crippen LogP contribution in [0.4, 0.5) is 0 Å². The van der Waals surface area contributed by atoms with Crippen molar-refractivity contribution in [1.82, 2.24) is 9.62 Å². The Kier molecular flexibility index (Phi) is 7.80. The van der Waals surface area contributed by atoms with E-state index in [9.17, 15) is 13.2 Å². The van der Waals surface area contributed by atoms with Gasteiger partial charge in [0.05, 0.1) is 23.6 Å². The number of nitrogens with one attached hydrogen (secondary N) is 1. The van der Waals surface area contributed by atoms with Crippen molar-refractivity contribution < 1.29 is 22.7 Å².